The highest BCUT2D eigenvalue weighted by Gasteiger charge is 2.19. The molecular weight excluding hydrogens is 394 g/mol. The van der Waals surface area contributed by atoms with Gasteiger partial charge in [-0.15, -0.1) is 0 Å². The van der Waals surface area contributed by atoms with Crippen LogP contribution < -0.4 is 19.5 Å². The van der Waals surface area contributed by atoms with Gasteiger partial charge in [-0.2, -0.15) is 0 Å². The van der Waals surface area contributed by atoms with Crippen LogP contribution in [0, 0.1) is 0 Å². The molecule has 1 heterocycles. The van der Waals surface area contributed by atoms with Gasteiger partial charge in [0, 0.05) is 13.2 Å². The third-order valence-electron chi connectivity index (χ3n) is 5.22. The van der Waals surface area contributed by atoms with Crippen LogP contribution in [0.3, 0.4) is 0 Å². The Labute approximate surface area is 184 Å². The SMILES string of the molecule is COc1cc(CNC(=O)COc2ccccc2C(C)(C)C)ccc1OCC1CCCO1. The summed E-state index contributed by atoms with van der Waals surface area (Å²) in [6, 6.07) is 13.5. The Morgan fingerprint density at radius 1 is 1.10 bits per heavy atom. The Bertz CT molecular complexity index is 868. The summed E-state index contributed by atoms with van der Waals surface area (Å²) in [6.07, 6.45) is 2.25. The summed E-state index contributed by atoms with van der Waals surface area (Å²) < 4.78 is 22.7. The molecule has 0 aromatic heterocycles. The number of nitrogens with one attached hydrogen (secondary N) is 1. The molecule has 1 fully saturated rings. The molecule has 1 atom stereocenters. The number of hydrogen-bond acceptors (Lipinski definition) is 5. The maximum absolute atomic E-state index is 12.3. The molecule has 31 heavy (non-hydrogen) atoms. The quantitative estimate of drug-likeness (QED) is 0.648. The number of carbonyl (C=O) groups excluding carboxylic acids is 1. The van der Waals surface area contributed by atoms with E-state index in [2.05, 4.69) is 26.1 Å². The molecule has 0 spiro atoms. The van der Waals surface area contributed by atoms with Crippen molar-refractivity contribution in [3.05, 3.63) is 53.6 Å². The lowest BCUT2D eigenvalue weighted by atomic mass is 9.86. The minimum Gasteiger partial charge on any atom is -0.493 e. The number of methoxy groups -OCH3 is 1. The largest absolute Gasteiger partial charge is 0.493 e. The van der Waals surface area contributed by atoms with Gasteiger partial charge < -0.3 is 24.3 Å². The summed E-state index contributed by atoms with van der Waals surface area (Å²) in [6.45, 7) is 8.03. The van der Waals surface area contributed by atoms with E-state index >= 15 is 0 Å². The first-order chi connectivity index (χ1) is 14.9. The molecule has 1 aliphatic rings. The van der Waals surface area contributed by atoms with Crippen molar-refractivity contribution < 1.29 is 23.7 Å². The van der Waals surface area contributed by atoms with E-state index in [1.54, 1.807) is 7.11 Å². The van der Waals surface area contributed by atoms with Crippen LogP contribution in [0.1, 0.15) is 44.7 Å². The van der Waals surface area contributed by atoms with Crippen LogP contribution >= 0.6 is 0 Å². The highest BCUT2D eigenvalue weighted by atomic mass is 16.5. The Morgan fingerprint density at radius 2 is 1.90 bits per heavy atom. The molecule has 2 aromatic carbocycles. The lowest BCUT2D eigenvalue weighted by Crippen LogP contribution is -2.29. The summed E-state index contributed by atoms with van der Waals surface area (Å²) in [4.78, 5) is 12.3. The molecule has 1 saturated heterocycles. The topological polar surface area (TPSA) is 66.0 Å². The van der Waals surface area contributed by atoms with Crippen molar-refractivity contribution in [2.45, 2.75) is 51.7 Å². The predicted molar refractivity (Wildman–Crippen MR) is 120 cm³/mol. The van der Waals surface area contributed by atoms with Crippen molar-refractivity contribution in [3.8, 4) is 17.2 Å². The molecule has 0 saturated carbocycles. The van der Waals surface area contributed by atoms with Gasteiger partial charge in [0.2, 0.25) is 0 Å². The number of carbonyl (C=O) groups is 1. The molecular formula is C25H33NO5. The fraction of sp³-hybridized carbons (Fsp3) is 0.480. The van der Waals surface area contributed by atoms with E-state index in [-0.39, 0.29) is 24.0 Å². The molecule has 0 radical (unpaired) electrons. The first-order valence-electron chi connectivity index (χ1n) is 10.8. The van der Waals surface area contributed by atoms with E-state index in [1.165, 1.54) is 0 Å². The van der Waals surface area contributed by atoms with Crippen LogP contribution in [0.15, 0.2) is 42.5 Å². The average Bonchev–Trinajstić information content (AvgIpc) is 3.28. The van der Waals surface area contributed by atoms with Gasteiger partial charge in [-0.1, -0.05) is 45.0 Å². The van der Waals surface area contributed by atoms with E-state index < -0.39 is 0 Å². The smallest absolute Gasteiger partial charge is 0.258 e. The van der Waals surface area contributed by atoms with E-state index in [1.807, 2.05) is 42.5 Å². The van der Waals surface area contributed by atoms with E-state index in [9.17, 15) is 4.79 Å². The molecule has 3 rings (SSSR count). The Kier molecular flexibility index (Phi) is 7.80. The van der Waals surface area contributed by atoms with Gasteiger partial charge in [0.15, 0.2) is 18.1 Å². The maximum atomic E-state index is 12.3. The van der Waals surface area contributed by atoms with Gasteiger partial charge in [0.25, 0.3) is 5.91 Å². The first-order valence-corrected chi connectivity index (χ1v) is 10.8. The number of benzene rings is 2. The highest BCUT2D eigenvalue weighted by Crippen LogP contribution is 2.31. The Balaban J connectivity index is 1.51. The molecule has 6 heteroatoms. The fourth-order valence-electron chi connectivity index (χ4n) is 3.51. The average molecular weight is 428 g/mol. The summed E-state index contributed by atoms with van der Waals surface area (Å²) in [5, 5.41) is 2.89. The number of rotatable bonds is 9. The molecule has 1 N–H and O–H groups in total. The summed E-state index contributed by atoms with van der Waals surface area (Å²) >= 11 is 0. The van der Waals surface area contributed by atoms with Crippen molar-refractivity contribution in [1.29, 1.82) is 0 Å². The minimum atomic E-state index is -0.179. The minimum absolute atomic E-state index is 0.0349. The van der Waals surface area contributed by atoms with Crippen molar-refractivity contribution in [2.75, 3.05) is 26.9 Å². The third kappa shape index (κ3) is 6.62. The van der Waals surface area contributed by atoms with E-state index in [0.717, 1.165) is 36.3 Å². The van der Waals surface area contributed by atoms with Gasteiger partial charge in [0.1, 0.15) is 12.4 Å². The second-order valence-corrected chi connectivity index (χ2v) is 8.74. The summed E-state index contributed by atoms with van der Waals surface area (Å²) in [5.41, 5.74) is 1.94. The Morgan fingerprint density at radius 3 is 2.61 bits per heavy atom. The zero-order chi connectivity index (χ0) is 22.3. The summed E-state index contributed by atoms with van der Waals surface area (Å²) in [5.74, 6) is 1.87. The molecule has 1 amide bonds. The van der Waals surface area contributed by atoms with E-state index in [0.29, 0.717) is 24.7 Å². The summed E-state index contributed by atoms with van der Waals surface area (Å²) in [7, 11) is 1.61. The fourth-order valence-corrected chi connectivity index (χ4v) is 3.51. The highest BCUT2D eigenvalue weighted by molar-refractivity contribution is 5.77. The van der Waals surface area contributed by atoms with Crippen LogP contribution in [0.2, 0.25) is 0 Å². The molecule has 1 aliphatic heterocycles. The van der Waals surface area contributed by atoms with Gasteiger partial charge in [-0.05, 0) is 47.6 Å². The lowest BCUT2D eigenvalue weighted by Gasteiger charge is -2.22. The normalized spacial score (nSPS) is 16.1. The number of hydrogen-bond donors (Lipinski definition) is 1. The van der Waals surface area contributed by atoms with Crippen LogP contribution in [0.5, 0.6) is 17.2 Å². The zero-order valence-electron chi connectivity index (χ0n) is 18.9. The molecule has 168 valence electrons. The second-order valence-electron chi connectivity index (χ2n) is 8.74. The third-order valence-corrected chi connectivity index (χ3v) is 5.22. The molecule has 0 aliphatic carbocycles. The molecule has 2 aromatic rings. The number of ether oxygens (including phenoxy) is 4. The number of amides is 1. The monoisotopic (exact) mass is 427 g/mol. The van der Waals surface area contributed by atoms with Crippen LogP contribution in [0.4, 0.5) is 0 Å². The van der Waals surface area contributed by atoms with Gasteiger partial charge in [-0.25, -0.2) is 0 Å². The Hall–Kier alpha value is -2.73. The van der Waals surface area contributed by atoms with Gasteiger partial charge >= 0.3 is 0 Å². The van der Waals surface area contributed by atoms with Crippen molar-refractivity contribution >= 4 is 5.91 Å². The van der Waals surface area contributed by atoms with Gasteiger partial charge in [-0.3, -0.25) is 4.79 Å². The van der Waals surface area contributed by atoms with Gasteiger partial charge in [0.05, 0.1) is 13.2 Å². The number of para-hydroxylation sites is 1. The first kappa shape index (κ1) is 22.9. The molecule has 6 nitrogen and oxygen atoms in total. The lowest BCUT2D eigenvalue weighted by molar-refractivity contribution is -0.123. The van der Waals surface area contributed by atoms with Crippen LogP contribution in [-0.4, -0.2) is 38.9 Å². The van der Waals surface area contributed by atoms with Crippen LogP contribution in [0.25, 0.3) is 0 Å². The second kappa shape index (κ2) is 10.5. The standard InChI is InChI=1S/C25H33NO5/c1-25(2,3)20-9-5-6-10-21(20)31-17-24(27)26-15-18-11-12-22(23(14-18)28-4)30-16-19-8-7-13-29-19/h5-6,9-12,14,19H,7-8,13,15-17H2,1-4H3,(H,26,27). The zero-order valence-corrected chi connectivity index (χ0v) is 18.9. The van der Waals surface area contributed by atoms with Crippen molar-refractivity contribution in [2.24, 2.45) is 0 Å². The predicted octanol–water partition coefficient (Wildman–Crippen LogP) is 4.25. The van der Waals surface area contributed by atoms with Crippen molar-refractivity contribution in [3.63, 3.8) is 0 Å². The van der Waals surface area contributed by atoms with Crippen molar-refractivity contribution in [1.82, 2.24) is 5.32 Å². The van der Waals surface area contributed by atoms with E-state index in [4.69, 9.17) is 18.9 Å². The molecule has 0 bridgehead atoms. The van der Waals surface area contributed by atoms with Crippen LogP contribution in [-0.2, 0) is 21.5 Å². The molecule has 1 unspecified atom stereocenters. The maximum Gasteiger partial charge on any atom is 0.258 e.